The second-order valence-electron chi connectivity index (χ2n) is 5.64. The molecule has 1 unspecified atom stereocenters. The van der Waals surface area contributed by atoms with E-state index in [1.807, 2.05) is 42.4 Å². The van der Waals surface area contributed by atoms with Crippen molar-refractivity contribution in [1.82, 2.24) is 9.88 Å². The van der Waals surface area contributed by atoms with E-state index < -0.39 is 0 Å². The Kier molecular flexibility index (Phi) is 3.93. The second-order valence-corrected chi connectivity index (χ2v) is 5.64. The molecular weight excluding hydrogens is 236 g/mol. The number of rotatable bonds is 4. The first-order valence-corrected chi connectivity index (χ1v) is 6.84. The Labute approximate surface area is 114 Å². The van der Waals surface area contributed by atoms with E-state index in [-0.39, 0.29) is 11.9 Å². The van der Waals surface area contributed by atoms with Crippen LogP contribution < -0.4 is 0 Å². The number of nitrogens with zero attached hydrogens (tertiary/aromatic N) is 1. The number of aromatic nitrogens is 1. The van der Waals surface area contributed by atoms with Crippen molar-refractivity contribution in [1.29, 1.82) is 0 Å². The number of para-hydroxylation sites is 1. The number of benzene rings is 1. The van der Waals surface area contributed by atoms with Crippen LogP contribution in [0.1, 0.15) is 37.6 Å². The molecule has 1 heterocycles. The molecule has 19 heavy (non-hydrogen) atoms. The average Bonchev–Trinajstić information content (AvgIpc) is 2.84. The van der Waals surface area contributed by atoms with Gasteiger partial charge in [-0.05, 0) is 31.4 Å². The number of hydrogen-bond donors (Lipinski definition) is 1. The highest BCUT2D eigenvalue weighted by Crippen LogP contribution is 2.20. The van der Waals surface area contributed by atoms with Crippen LogP contribution >= 0.6 is 0 Å². The molecule has 2 aromatic rings. The lowest BCUT2D eigenvalue weighted by atomic mass is 10.0. The zero-order valence-electron chi connectivity index (χ0n) is 12.1. The van der Waals surface area contributed by atoms with Crippen LogP contribution in [-0.4, -0.2) is 28.9 Å². The van der Waals surface area contributed by atoms with E-state index in [0.717, 1.165) is 22.9 Å². The van der Waals surface area contributed by atoms with Gasteiger partial charge in [0.15, 0.2) is 0 Å². The molecule has 3 heteroatoms. The Hall–Kier alpha value is -1.77. The number of carbonyl (C=O) groups excluding carboxylic acids is 1. The third-order valence-electron chi connectivity index (χ3n) is 3.61. The predicted octanol–water partition coefficient (Wildman–Crippen LogP) is 3.67. The lowest BCUT2D eigenvalue weighted by Crippen LogP contribution is -2.36. The molecule has 0 fully saturated rings. The van der Waals surface area contributed by atoms with Crippen molar-refractivity contribution in [3.05, 3.63) is 36.0 Å². The first-order valence-electron chi connectivity index (χ1n) is 6.84. The fraction of sp³-hybridized carbons (Fsp3) is 0.438. The summed E-state index contributed by atoms with van der Waals surface area (Å²) in [6.07, 6.45) is 2.89. The number of carbonyl (C=O) groups is 1. The van der Waals surface area contributed by atoms with Crippen LogP contribution in [0.3, 0.4) is 0 Å². The van der Waals surface area contributed by atoms with Gasteiger partial charge in [-0.3, -0.25) is 4.79 Å². The molecule has 1 aromatic heterocycles. The molecule has 0 bridgehead atoms. The molecule has 0 saturated heterocycles. The third kappa shape index (κ3) is 2.80. The van der Waals surface area contributed by atoms with Gasteiger partial charge in [-0.2, -0.15) is 0 Å². The highest BCUT2D eigenvalue weighted by Gasteiger charge is 2.20. The second kappa shape index (κ2) is 5.47. The van der Waals surface area contributed by atoms with Crippen LogP contribution in [0.5, 0.6) is 0 Å². The SMILES string of the molecule is CC(C)CC(C)N(C)C(=O)c1cccc2cc[nH]c12. The summed E-state index contributed by atoms with van der Waals surface area (Å²) in [6.45, 7) is 6.47. The average molecular weight is 258 g/mol. The number of fused-ring (bicyclic) bond motifs is 1. The summed E-state index contributed by atoms with van der Waals surface area (Å²) in [5, 5.41) is 1.08. The largest absolute Gasteiger partial charge is 0.361 e. The van der Waals surface area contributed by atoms with E-state index in [2.05, 4.69) is 25.8 Å². The molecule has 1 aromatic carbocycles. The summed E-state index contributed by atoms with van der Waals surface area (Å²) in [5.74, 6) is 0.674. The molecule has 0 aliphatic carbocycles. The van der Waals surface area contributed by atoms with E-state index in [4.69, 9.17) is 0 Å². The first-order chi connectivity index (χ1) is 9.00. The van der Waals surface area contributed by atoms with Gasteiger partial charge in [0, 0.05) is 24.7 Å². The molecule has 0 saturated carbocycles. The van der Waals surface area contributed by atoms with Crippen molar-refractivity contribution >= 4 is 16.8 Å². The van der Waals surface area contributed by atoms with Crippen molar-refractivity contribution < 1.29 is 4.79 Å². The monoisotopic (exact) mass is 258 g/mol. The van der Waals surface area contributed by atoms with Crippen LogP contribution in [0, 0.1) is 5.92 Å². The van der Waals surface area contributed by atoms with E-state index >= 15 is 0 Å². The Morgan fingerprint density at radius 1 is 1.26 bits per heavy atom. The molecule has 1 atom stereocenters. The summed E-state index contributed by atoms with van der Waals surface area (Å²) >= 11 is 0. The van der Waals surface area contributed by atoms with E-state index in [9.17, 15) is 4.79 Å². The number of amides is 1. The lowest BCUT2D eigenvalue weighted by Gasteiger charge is -2.26. The zero-order valence-corrected chi connectivity index (χ0v) is 12.1. The highest BCUT2D eigenvalue weighted by molar-refractivity contribution is 6.05. The number of nitrogens with one attached hydrogen (secondary N) is 1. The number of aromatic amines is 1. The van der Waals surface area contributed by atoms with Gasteiger partial charge in [-0.1, -0.05) is 26.0 Å². The van der Waals surface area contributed by atoms with Crippen molar-refractivity contribution in [2.75, 3.05) is 7.05 Å². The third-order valence-corrected chi connectivity index (χ3v) is 3.61. The molecule has 0 aliphatic rings. The molecule has 1 amide bonds. The molecule has 3 nitrogen and oxygen atoms in total. The smallest absolute Gasteiger partial charge is 0.255 e. The molecule has 2 rings (SSSR count). The Morgan fingerprint density at radius 2 is 2.00 bits per heavy atom. The molecule has 102 valence electrons. The molecule has 0 aliphatic heterocycles. The summed E-state index contributed by atoms with van der Waals surface area (Å²) in [5.41, 5.74) is 1.68. The Bertz CT molecular complexity index is 571. The number of hydrogen-bond acceptors (Lipinski definition) is 1. The van der Waals surface area contributed by atoms with Crippen LogP contribution in [0.15, 0.2) is 30.5 Å². The highest BCUT2D eigenvalue weighted by atomic mass is 16.2. The number of H-pyrrole nitrogens is 1. The fourth-order valence-corrected chi connectivity index (χ4v) is 2.49. The zero-order chi connectivity index (χ0) is 14.0. The normalized spacial score (nSPS) is 12.9. The van der Waals surface area contributed by atoms with E-state index in [1.54, 1.807) is 0 Å². The Balaban J connectivity index is 2.26. The fourth-order valence-electron chi connectivity index (χ4n) is 2.49. The van der Waals surface area contributed by atoms with Crippen LogP contribution in [-0.2, 0) is 0 Å². The topological polar surface area (TPSA) is 36.1 Å². The van der Waals surface area contributed by atoms with Crippen LogP contribution in [0.2, 0.25) is 0 Å². The van der Waals surface area contributed by atoms with Crippen LogP contribution in [0.4, 0.5) is 0 Å². The lowest BCUT2D eigenvalue weighted by molar-refractivity contribution is 0.0730. The van der Waals surface area contributed by atoms with E-state index in [1.165, 1.54) is 0 Å². The summed E-state index contributed by atoms with van der Waals surface area (Å²) < 4.78 is 0. The predicted molar refractivity (Wildman–Crippen MR) is 79.3 cm³/mol. The van der Waals surface area contributed by atoms with Gasteiger partial charge in [-0.25, -0.2) is 0 Å². The standard InChI is InChI=1S/C16H22N2O/c1-11(2)10-12(3)18(4)16(19)14-7-5-6-13-8-9-17-15(13)14/h5-9,11-12,17H,10H2,1-4H3. The van der Waals surface area contributed by atoms with Crippen molar-refractivity contribution in [3.63, 3.8) is 0 Å². The maximum absolute atomic E-state index is 12.6. The molecule has 0 radical (unpaired) electrons. The van der Waals surface area contributed by atoms with Gasteiger partial charge < -0.3 is 9.88 Å². The maximum Gasteiger partial charge on any atom is 0.255 e. The maximum atomic E-state index is 12.6. The summed E-state index contributed by atoms with van der Waals surface area (Å²) in [6, 6.07) is 8.08. The minimum Gasteiger partial charge on any atom is -0.361 e. The minimum atomic E-state index is 0.0844. The van der Waals surface area contributed by atoms with Gasteiger partial charge in [0.25, 0.3) is 5.91 Å². The summed E-state index contributed by atoms with van der Waals surface area (Å²) in [4.78, 5) is 17.6. The van der Waals surface area contributed by atoms with E-state index in [0.29, 0.717) is 5.92 Å². The molecular formula is C16H22N2O. The Morgan fingerprint density at radius 3 is 2.68 bits per heavy atom. The first kappa shape index (κ1) is 13.7. The van der Waals surface area contributed by atoms with Gasteiger partial charge in [-0.15, -0.1) is 0 Å². The van der Waals surface area contributed by atoms with Crippen molar-refractivity contribution in [2.24, 2.45) is 5.92 Å². The molecule has 0 spiro atoms. The van der Waals surface area contributed by atoms with Gasteiger partial charge in [0.05, 0.1) is 11.1 Å². The van der Waals surface area contributed by atoms with Crippen molar-refractivity contribution in [2.45, 2.75) is 33.2 Å². The van der Waals surface area contributed by atoms with Gasteiger partial charge in [0.1, 0.15) is 0 Å². The quantitative estimate of drug-likeness (QED) is 0.892. The van der Waals surface area contributed by atoms with Crippen LogP contribution in [0.25, 0.3) is 10.9 Å². The summed E-state index contributed by atoms with van der Waals surface area (Å²) in [7, 11) is 1.89. The van der Waals surface area contributed by atoms with Gasteiger partial charge in [0.2, 0.25) is 0 Å². The van der Waals surface area contributed by atoms with Crippen molar-refractivity contribution in [3.8, 4) is 0 Å². The van der Waals surface area contributed by atoms with Gasteiger partial charge >= 0.3 is 0 Å². The minimum absolute atomic E-state index is 0.0844. The molecule has 1 N–H and O–H groups in total.